The summed E-state index contributed by atoms with van der Waals surface area (Å²) in [7, 11) is 4.01. The molecular weight excluding hydrogens is 404 g/mol. The molecule has 0 bridgehead atoms. The molecule has 0 spiro atoms. The van der Waals surface area contributed by atoms with Crippen LogP contribution in [-0.2, 0) is 17.6 Å². The summed E-state index contributed by atoms with van der Waals surface area (Å²) in [5, 5.41) is 9.52. The highest BCUT2D eigenvalue weighted by atomic mass is 16.5. The summed E-state index contributed by atoms with van der Waals surface area (Å²) in [6.45, 7) is 2.41. The van der Waals surface area contributed by atoms with Gasteiger partial charge in [-0.2, -0.15) is 0 Å². The van der Waals surface area contributed by atoms with Gasteiger partial charge in [0.15, 0.2) is 0 Å². The molecule has 0 unspecified atom stereocenters. The number of aromatic nitrogens is 1. The smallest absolute Gasteiger partial charge is 0.309 e. The van der Waals surface area contributed by atoms with E-state index >= 15 is 0 Å². The fourth-order valence-corrected chi connectivity index (χ4v) is 4.13. The van der Waals surface area contributed by atoms with E-state index in [9.17, 15) is 9.90 Å². The summed E-state index contributed by atoms with van der Waals surface area (Å²) in [6, 6.07) is 15.9. The fourth-order valence-electron chi connectivity index (χ4n) is 4.13. The molecule has 0 atom stereocenters. The van der Waals surface area contributed by atoms with Gasteiger partial charge in [-0.05, 0) is 62.1 Å². The maximum atomic E-state index is 11.6. The van der Waals surface area contributed by atoms with Crippen molar-refractivity contribution in [3.63, 3.8) is 0 Å². The molecule has 1 aliphatic rings. The summed E-state index contributed by atoms with van der Waals surface area (Å²) in [5.74, 6) is 1.51. The van der Waals surface area contributed by atoms with E-state index in [1.807, 2.05) is 68.4 Å². The number of carboxylic acids is 1. The van der Waals surface area contributed by atoms with Crippen LogP contribution in [0, 0.1) is 12.3 Å². The van der Waals surface area contributed by atoms with E-state index in [1.165, 1.54) is 0 Å². The molecule has 1 saturated carbocycles. The minimum absolute atomic E-state index is 0.489. The molecule has 1 fully saturated rings. The molecule has 6 nitrogen and oxygen atoms in total. The van der Waals surface area contributed by atoms with Crippen molar-refractivity contribution in [1.29, 1.82) is 0 Å². The number of hydrogen-bond acceptors (Lipinski definition) is 5. The van der Waals surface area contributed by atoms with Gasteiger partial charge in [-0.1, -0.05) is 24.6 Å². The predicted molar refractivity (Wildman–Crippen MR) is 124 cm³/mol. The molecule has 0 radical (unpaired) electrons. The van der Waals surface area contributed by atoms with Crippen LogP contribution >= 0.6 is 0 Å². The van der Waals surface area contributed by atoms with Crippen LogP contribution in [-0.4, -0.2) is 36.8 Å². The van der Waals surface area contributed by atoms with Gasteiger partial charge in [-0.25, -0.2) is 4.98 Å². The van der Waals surface area contributed by atoms with E-state index in [1.54, 1.807) is 0 Å². The highest BCUT2D eigenvalue weighted by Gasteiger charge is 2.44. The Morgan fingerprint density at radius 2 is 1.94 bits per heavy atom. The molecule has 0 amide bonds. The molecule has 32 heavy (non-hydrogen) atoms. The van der Waals surface area contributed by atoms with Crippen LogP contribution in [0.1, 0.15) is 36.3 Å². The quantitative estimate of drug-likeness (QED) is 0.503. The monoisotopic (exact) mass is 434 g/mol. The summed E-state index contributed by atoms with van der Waals surface area (Å²) in [4.78, 5) is 18.3. The Bertz CT molecular complexity index is 1080. The van der Waals surface area contributed by atoms with Crippen molar-refractivity contribution >= 4 is 11.7 Å². The zero-order chi connectivity index (χ0) is 22.7. The molecule has 1 aliphatic carbocycles. The summed E-state index contributed by atoms with van der Waals surface area (Å²) >= 11 is 0. The minimum atomic E-state index is -0.681. The Morgan fingerprint density at radius 3 is 2.56 bits per heavy atom. The van der Waals surface area contributed by atoms with Gasteiger partial charge in [0.1, 0.15) is 11.5 Å². The average molecular weight is 435 g/mol. The number of carbonyl (C=O) groups is 1. The second kappa shape index (κ2) is 9.07. The van der Waals surface area contributed by atoms with Crippen LogP contribution in [0.4, 0.5) is 5.69 Å². The second-order valence-corrected chi connectivity index (χ2v) is 8.82. The number of hydrogen-bond donors (Lipinski definition) is 1. The highest BCUT2D eigenvalue weighted by Crippen LogP contribution is 2.44. The molecule has 3 aromatic rings. The van der Waals surface area contributed by atoms with E-state index in [2.05, 4.69) is 11.1 Å². The average Bonchev–Trinajstić information content (AvgIpc) is 3.12. The lowest BCUT2D eigenvalue weighted by molar-refractivity contribution is -0.154. The van der Waals surface area contributed by atoms with Crippen LogP contribution in [0.2, 0.25) is 0 Å². The SMILES string of the molecule is Cc1oc(-c2cccc(N(C)C)c2)nc1CCOc1ccc(CC2(C(=O)O)CCC2)cc1. The second-order valence-electron chi connectivity index (χ2n) is 8.82. The van der Waals surface area contributed by atoms with Gasteiger partial charge < -0.3 is 19.2 Å². The van der Waals surface area contributed by atoms with Gasteiger partial charge in [-0.15, -0.1) is 0 Å². The first-order chi connectivity index (χ1) is 15.4. The Morgan fingerprint density at radius 1 is 1.19 bits per heavy atom. The number of benzene rings is 2. The Balaban J connectivity index is 1.34. The maximum absolute atomic E-state index is 11.6. The van der Waals surface area contributed by atoms with Crippen LogP contribution in [0.3, 0.4) is 0 Å². The van der Waals surface area contributed by atoms with E-state index in [0.29, 0.717) is 25.3 Å². The normalized spacial score (nSPS) is 14.6. The maximum Gasteiger partial charge on any atom is 0.309 e. The van der Waals surface area contributed by atoms with Gasteiger partial charge in [0.05, 0.1) is 17.7 Å². The molecule has 4 rings (SSSR count). The third kappa shape index (κ3) is 4.64. The van der Waals surface area contributed by atoms with E-state index in [4.69, 9.17) is 9.15 Å². The Hall–Kier alpha value is -3.28. The highest BCUT2D eigenvalue weighted by molar-refractivity contribution is 5.76. The van der Waals surface area contributed by atoms with Gasteiger partial charge in [0.25, 0.3) is 0 Å². The fraction of sp³-hybridized carbons (Fsp3) is 0.385. The third-order valence-electron chi connectivity index (χ3n) is 6.34. The number of carboxylic acid groups (broad SMARTS) is 1. The number of anilines is 1. The first kappa shape index (κ1) is 21.9. The zero-order valence-corrected chi connectivity index (χ0v) is 18.9. The molecule has 1 aromatic heterocycles. The van der Waals surface area contributed by atoms with Gasteiger partial charge in [-0.3, -0.25) is 4.79 Å². The molecular formula is C26H30N2O4. The lowest BCUT2D eigenvalue weighted by atomic mass is 9.65. The topological polar surface area (TPSA) is 75.8 Å². The largest absolute Gasteiger partial charge is 0.493 e. The van der Waals surface area contributed by atoms with Crippen LogP contribution in [0.15, 0.2) is 52.9 Å². The molecule has 1 N–H and O–H groups in total. The molecule has 0 saturated heterocycles. The summed E-state index contributed by atoms with van der Waals surface area (Å²) in [6.07, 6.45) is 3.75. The number of oxazole rings is 1. The van der Waals surface area contributed by atoms with Crippen LogP contribution in [0.25, 0.3) is 11.5 Å². The lowest BCUT2D eigenvalue weighted by Gasteiger charge is -2.37. The van der Waals surface area contributed by atoms with Crippen molar-refractivity contribution in [3.05, 3.63) is 65.5 Å². The van der Waals surface area contributed by atoms with Crippen molar-refractivity contribution in [2.45, 2.75) is 39.0 Å². The molecule has 0 aliphatic heterocycles. The van der Waals surface area contributed by atoms with Crippen molar-refractivity contribution in [3.8, 4) is 17.2 Å². The van der Waals surface area contributed by atoms with Crippen molar-refractivity contribution in [1.82, 2.24) is 4.98 Å². The first-order valence-corrected chi connectivity index (χ1v) is 11.1. The zero-order valence-electron chi connectivity index (χ0n) is 18.9. The minimum Gasteiger partial charge on any atom is -0.493 e. The predicted octanol–water partition coefficient (Wildman–Crippen LogP) is 5.13. The molecule has 168 valence electrons. The number of aliphatic carboxylic acids is 1. The number of aryl methyl sites for hydroxylation is 1. The van der Waals surface area contributed by atoms with Crippen molar-refractivity contribution in [2.24, 2.45) is 5.41 Å². The van der Waals surface area contributed by atoms with Crippen molar-refractivity contribution < 1.29 is 19.1 Å². The Kier molecular flexibility index (Phi) is 6.21. The van der Waals surface area contributed by atoms with E-state index in [0.717, 1.165) is 53.3 Å². The van der Waals surface area contributed by atoms with Crippen LogP contribution < -0.4 is 9.64 Å². The van der Waals surface area contributed by atoms with E-state index < -0.39 is 11.4 Å². The molecule has 1 heterocycles. The first-order valence-electron chi connectivity index (χ1n) is 11.1. The Labute approximate surface area is 188 Å². The van der Waals surface area contributed by atoms with Gasteiger partial charge in [0, 0.05) is 31.8 Å². The standard InChI is InChI=1S/C26H30N2O4/c1-18-23(27-24(32-18)20-6-4-7-21(16-20)28(2)3)12-15-31-22-10-8-19(9-11-22)17-26(25(29)30)13-5-14-26/h4,6-11,16H,5,12-15,17H2,1-3H3,(H,29,30). The lowest BCUT2D eigenvalue weighted by Crippen LogP contribution is -2.39. The number of ether oxygens (including phenoxy) is 1. The molecule has 6 heteroatoms. The molecule has 2 aromatic carbocycles. The number of rotatable bonds is 9. The van der Waals surface area contributed by atoms with Gasteiger partial charge >= 0.3 is 5.97 Å². The van der Waals surface area contributed by atoms with E-state index in [-0.39, 0.29) is 0 Å². The summed E-state index contributed by atoms with van der Waals surface area (Å²) in [5.41, 5.74) is 3.40. The number of nitrogens with zero attached hydrogens (tertiary/aromatic N) is 2. The van der Waals surface area contributed by atoms with Gasteiger partial charge in [0.2, 0.25) is 5.89 Å². The van der Waals surface area contributed by atoms with Crippen molar-refractivity contribution in [2.75, 3.05) is 25.6 Å². The third-order valence-corrected chi connectivity index (χ3v) is 6.34. The van der Waals surface area contributed by atoms with Crippen LogP contribution in [0.5, 0.6) is 5.75 Å². The summed E-state index contributed by atoms with van der Waals surface area (Å²) < 4.78 is 11.8.